The molecule has 1 fully saturated rings. The number of rotatable bonds is 4. The molecule has 1 aromatic carbocycles. The van der Waals surface area contributed by atoms with Gasteiger partial charge in [0.25, 0.3) is 5.91 Å². The number of hydrazine groups is 1. The number of benzene rings is 1. The fourth-order valence-electron chi connectivity index (χ4n) is 3.39. The molecule has 1 amide bonds. The van der Waals surface area contributed by atoms with E-state index < -0.39 is 0 Å². The van der Waals surface area contributed by atoms with Gasteiger partial charge in [-0.3, -0.25) is 10.6 Å². The molecule has 2 atom stereocenters. The number of nitrogen functional groups attached to an aromatic ring is 1. The molecule has 0 aliphatic heterocycles. The monoisotopic (exact) mass is 289 g/mol. The number of carbonyl (C=O) groups is 1. The van der Waals surface area contributed by atoms with Crippen molar-refractivity contribution in [2.24, 2.45) is 17.7 Å². The van der Waals surface area contributed by atoms with E-state index in [1.54, 1.807) is 0 Å². The molecule has 0 bridgehead atoms. The summed E-state index contributed by atoms with van der Waals surface area (Å²) in [4.78, 5) is 12.5. The van der Waals surface area contributed by atoms with Crippen LogP contribution >= 0.6 is 0 Å². The van der Waals surface area contributed by atoms with E-state index in [0.29, 0.717) is 17.9 Å². The van der Waals surface area contributed by atoms with Crippen molar-refractivity contribution < 1.29 is 4.79 Å². The summed E-state index contributed by atoms with van der Waals surface area (Å²) in [7, 11) is 0. The van der Waals surface area contributed by atoms with Crippen LogP contribution in [0.1, 0.15) is 55.5 Å². The van der Waals surface area contributed by atoms with Crippen LogP contribution in [0.5, 0.6) is 0 Å². The second-order valence-electron chi connectivity index (χ2n) is 6.45. The highest BCUT2D eigenvalue weighted by molar-refractivity contribution is 5.96. The first-order valence-corrected chi connectivity index (χ1v) is 7.91. The number of carbonyl (C=O) groups excluding carboxylic acids is 1. The van der Waals surface area contributed by atoms with Crippen molar-refractivity contribution in [2.75, 3.05) is 5.43 Å². The normalized spacial score (nSPS) is 22.1. The minimum Gasteiger partial charge on any atom is -0.349 e. The summed E-state index contributed by atoms with van der Waals surface area (Å²) >= 11 is 0. The van der Waals surface area contributed by atoms with E-state index in [1.807, 2.05) is 25.1 Å². The predicted octanol–water partition coefficient (Wildman–Crippen LogP) is 3.23. The Bertz CT molecular complexity index is 499. The summed E-state index contributed by atoms with van der Waals surface area (Å²) in [5.41, 5.74) is 5.11. The second kappa shape index (κ2) is 6.94. The van der Waals surface area contributed by atoms with Crippen LogP contribution < -0.4 is 16.6 Å². The van der Waals surface area contributed by atoms with Crippen LogP contribution in [0.15, 0.2) is 18.2 Å². The fraction of sp³-hybridized carbons (Fsp3) is 0.588. The van der Waals surface area contributed by atoms with Gasteiger partial charge in [-0.1, -0.05) is 26.7 Å². The SMILES string of the molecule is Cc1cc(NN)ccc1C(=O)NC1CCCCC1C(C)C. The molecular weight excluding hydrogens is 262 g/mol. The zero-order valence-corrected chi connectivity index (χ0v) is 13.3. The summed E-state index contributed by atoms with van der Waals surface area (Å²) in [5.74, 6) is 6.63. The zero-order valence-electron chi connectivity index (χ0n) is 13.3. The van der Waals surface area contributed by atoms with Gasteiger partial charge >= 0.3 is 0 Å². The Morgan fingerprint density at radius 3 is 2.62 bits per heavy atom. The van der Waals surface area contributed by atoms with Crippen LogP contribution in [0.25, 0.3) is 0 Å². The molecule has 0 spiro atoms. The number of hydrogen-bond acceptors (Lipinski definition) is 3. The van der Waals surface area contributed by atoms with Gasteiger partial charge in [-0.2, -0.15) is 0 Å². The molecule has 116 valence electrons. The maximum atomic E-state index is 12.5. The number of hydrogen-bond donors (Lipinski definition) is 3. The Hall–Kier alpha value is -1.55. The molecule has 2 rings (SSSR count). The first-order chi connectivity index (χ1) is 10.0. The third-order valence-corrected chi connectivity index (χ3v) is 4.63. The van der Waals surface area contributed by atoms with Gasteiger partial charge in [0.1, 0.15) is 0 Å². The van der Waals surface area contributed by atoms with E-state index in [9.17, 15) is 4.79 Å². The van der Waals surface area contributed by atoms with Gasteiger partial charge < -0.3 is 10.7 Å². The number of anilines is 1. The quantitative estimate of drug-likeness (QED) is 0.589. The molecule has 0 saturated heterocycles. The number of amides is 1. The summed E-state index contributed by atoms with van der Waals surface area (Å²) in [5, 5.41) is 3.25. The summed E-state index contributed by atoms with van der Waals surface area (Å²) in [6.45, 7) is 6.45. The van der Waals surface area contributed by atoms with Gasteiger partial charge in [0, 0.05) is 17.3 Å². The first kappa shape index (κ1) is 15.8. The lowest BCUT2D eigenvalue weighted by atomic mass is 9.77. The lowest BCUT2D eigenvalue weighted by molar-refractivity contribution is 0.0888. The Morgan fingerprint density at radius 2 is 2.00 bits per heavy atom. The lowest BCUT2D eigenvalue weighted by Gasteiger charge is -2.35. The summed E-state index contributed by atoms with van der Waals surface area (Å²) < 4.78 is 0. The van der Waals surface area contributed by atoms with Crippen LogP contribution in [-0.4, -0.2) is 11.9 Å². The minimum atomic E-state index is 0.0358. The third-order valence-electron chi connectivity index (χ3n) is 4.63. The molecule has 0 aromatic heterocycles. The van der Waals surface area contributed by atoms with Crippen molar-refractivity contribution in [1.82, 2.24) is 5.32 Å². The van der Waals surface area contributed by atoms with Crippen molar-refractivity contribution in [3.63, 3.8) is 0 Å². The maximum Gasteiger partial charge on any atom is 0.251 e. The standard InChI is InChI=1S/C17H27N3O/c1-11(2)14-6-4-5-7-16(14)19-17(21)15-9-8-13(20-18)10-12(15)3/h8-11,14,16,20H,4-7,18H2,1-3H3,(H,19,21). The highest BCUT2D eigenvalue weighted by Crippen LogP contribution is 2.30. The van der Waals surface area contributed by atoms with E-state index in [0.717, 1.165) is 23.2 Å². The van der Waals surface area contributed by atoms with Crippen LogP contribution in [0.2, 0.25) is 0 Å². The van der Waals surface area contributed by atoms with E-state index in [2.05, 4.69) is 24.6 Å². The van der Waals surface area contributed by atoms with Crippen LogP contribution in [0.4, 0.5) is 5.69 Å². The van der Waals surface area contributed by atoms with E-state index in [-0.39, 0.29) is 5.91 Å². The van der Waals surface area contributed by atoms with Gasteiger partial charge in [0.05, 0.1) is 0 Å². The van der Waals surface area contributed by atoms with Crippen molar-refractivity contribution >= 4 is 11.6 Å². The van der Waals surface area contributed by atoms with Gasteiger partial charge in [-0.15, -0.1) is 0 Å². The predicted molar refractivity (Wildman–Crippen MR) is 87.0 cm³/mol. The Labute approximate surface area is 127 Å². The van der Waals surface area contributed by atoms with Crippen molar-refractivity contribution in [3.8, 4) is 0 Å². The Kier molecular flexibility index (Phi) is 5.23. The van der Waals surface area contributed by atoms with E-state index in [1.165, 1.54) is 19.3 Å². The third kappa shape index (κ3) is 3.76. The number of aryl methyl sites for hydroxylation is 1. The van der Waals surface area contributed by atoms with Crippen molar-refractivity contribution in [3.05, 3.63) is 29.3 Å². The van der Waals surface area contributed by atoms with Crippen LogP contribution in [0, 0.1) is 18.8 Å². The molecule has 0 radical (unpaired) electrons. The Balaban J connectivity index is 2.09. The molecule has 21 heavy (non-hydrogen) atoms. The van der Waals surface area contributed by atoms with Gasteiger partial charge in [0.2, 0.25) is 0 Å². The summed E-state index contributed by atoms with van der Waals surface area (Å²) in [6.07, 6.45) is 4.81. The molecule has 2 unspecified atom stereocenters. The van der Waals surface area contributed by atoms with Crippen molar-refractivity contribution in [2.45, 2.75) is 52.5 Å². The highest BCUT2D eigenvalue weighted by atomic mass is 16.1. The lowest BCUT2D eigenvalue weighted by Crippen LogP contribution is -2.44. The van der Waals surface area contributed by atoms with Crippen LogP contribution in [0.3, 0.4) is 0 Å². The zero-order chi connectivity index (χ0) is 15.4. The molecule has 4 N–H and O–H groups in total. The van der Waals surface area contributed by atoms with Gasteiger partial charge in [-0.25, -0.2) is 0 Å². The van der Waals surface area contributed by atoms with E-state index >= 15 is 0 Å². The second-order valence-corrected chi connectivity index (χ2v) is 6.45. The average Bonchev–Trinajstić information content (AvgIpc) is 2.47. The fourth-order valence-corrected chi connectivity index (χ4v) is 3.39. The van der Waals surface area contributed by atoms with E-state index in [4.69, 9.17) is 5.84 Å². The molecule has 1 aromatic rings. The smallest absolute Gasteiger partial charge is 0.251 e. The molecule has 1 saturated carbocycles. The number of nitrogens with two attached hydrogens (primary N) is 1. The topological polar surface area (TPSA) is 67.1 Å². The molecule has 0 heterocycles. The minimum absolute atomic E-state index is 0.0358. The average molecular weight is 289 g/mol. The first-order valence-electron chi connectivity index (χ1n) is 7.91. The summed E-state index contributed by atoms with van der Waals surface area (Å²) in [6, 6.07) is 5.88. The van der Waals surface area contributed by atoms with Gasteiger partial charge in [-0.05, 0) is 55.4 Å². The van der Waals surface area contributed by atoms with Crippen molar-refractivity contribution in [1.29, 1.82) is 0 Å². The molecule has 1 aliphatic rings. The molecular formula is C17H27N3O. The molecule has 1 aliphatic carbocycles. The molecule has 4 nitrogen and oxygen atoms in total. The molecule has 4 heteroatoms. The number of nitrogens with one attached hydrogen (secondary N) is 2. The Morgan fingerprint density at radius 1 is 1.29 bits per heavy atom. The highest BCUT2D eigenvalue weighted by Gasteiger charge is 2.29. The van der Waals surface area contributed by atoms with Crippen LogP contribution in [-0.2, 0) is 0 Å². The maximum absolute atomic E-state index is 12.5. The largest absolute Gasteiger partial charge is 0.349 e. The van der Waals surface area contributed by atoms with Gasteiger partial charge in [0.15, 0.2) is 0 Å².